The maximum atomic E-state index is 9.60. The fourth-order valence-corrected chi connectivity index (χ4v) is 3.77. The number of hydrogen-bond acceptors (Lipinski definition) is 5. The highest BCUT2D eigenvalue weighted by molar-refractivity contribution is 7.10. The molecule has 5 nitrogen and oxygen atoms in total. The van der Waals surface area contributed by atoms with E-state index in [2.05, 4.69) is 16.3 Å². The number of ether oxygens (including phenoxy) is 1. The number of aromatic nitrogens is 2. The van der Waals surface area contributed by atoms with Crippen LogP contribution >= 0.6 is 11.3 Å². The first-order valence-electron chi connectivity index (χ1n) is 7.45. The first-order valence-corrected chi connectivity index (χ1v) is 8.33. The van der Waals surface area contributed by atoms with E-state index in [-0.39, 0.29) is 11.8 Å². The number of nitrogens with two attached hydrogens (primary N) is 1. The average Bonchev–Trinajstić information content (AvgIpc) is 3.24. The molecule has 0 aliphatic carbocycles. The summed E-state index contributed by atoms with van der Waals surface area (Å²) in [6.07, 6.45) is 0. The zero-order valence-corrected chi connectivity index (χ0v) is 13.7. The van der Waals surface area contributed by atoms with E-state index in [1.165, 1.54) is 5.56 Å². The number of aryl methyl sites for hydroxylation is 1. The number of thiophene rings is 1. The van der Waals surface area contributed by atoms with Crippen LogP contribution in [0.2, 0.25) is 0 Å². The van der Waals surface area contributed by atoms with E-state index < -0.39 is 0 Å². The quantitative estimate of drug-likeness (QED) is 0.748. The van der Waals surface area contributed by atoms with Crippen molar-refractivity contribution in [3.05, 3.63) is 69.2 Å². The molecule has 0 spiro atoms. The van der Waals surface area contributed by atoms with Gasteiger partial charge in [0.2, 0.25) is 11.8 Å². The van der Waals surface area contributed by atoms with Gasteiger partial charge in [-0.3, -0.25) is 5.10 Å². The van der Waals surface area contributed by atoms with Crippen molar-refractivity contribution in [2.45, 2.75) is 12.8 Å². The topological polar surface area (TPSA) is 87.7 Å². The van der Waals surface area contributed by atoms with E-state index in [1.807, 2.05) is 48.7 Å². The molecule has 0 saturated carbocycles. The molecule has 24 heavy (non-hydrogen) atoms. The maximum absolute atomic E-state index is 9.60. The minimum atomic E-state index is -0.270. The number of rotatable bonds is 2. The highest BCUT2D eigenvalue weighted by atomic mass is 32.1. The van der Waals surface area contributed by atoms with Crippen LogP contribution < -0.4 is 10.5 Å². The fourth-order valence-electron chi connectivity index (χ4n) is 2.93. The van der Waals surface area contributed by atoms with Gasteiger partial charge in [-0.1, -0.05) is 35.9 Å². The summed E-state index contributed by atoms with van der Waals surface area (Å²) in [5.74, 6) is 0.277. The standard InChI is InChI=1S/C18H14N4OS/c1-10-4-6-11(7-5-10)16-15-14(13-3-2-8-24-13)12(9-19)17(20)23-18(15)22-21-16/h2-8,14H,20H2,1H3,(H,21,22). The maximum Gasteiger partial charge on any atom is 0.244 e. The lowest BCUT2D eigenvalue weighted by molar-refractivity contribution is 0.379. The second-order valence-corrected chi connectivity index (χ2v) is 6.60. The van der Waals surface area contributed by atoms with Gasteiger partial charge in [-0.05, 0) is 18.4 Å². The lowest BCUT2D eigenvalue weighted by Crippen LogP contribution is -2.20. The minimum absolute atomic E-state index is 0.116. The highest BCUT2D eigenvalue weighted by Crippen LogP contribution is 2.46. The monoisotopic (exact) mass is 334 g/mol. The molecule has 6 heteroatoms. The predicted octanol–water partition coefficient (Wildman–Crippen LogP) is 3.66. The van der Waals surface area contributed by atoms with Gasteiger partial charge in [-0.2, -0.15) is 5.26 Å². The van der Waals surface area contributed by atoms with Gasteiger partial charge in [0.25, 0.3) is 0 Å². The second kappa shape index (κ2) is 5.55. The van der Waals surface area contributed by atoms with E-state index in [0.29, 0.717) is 11.5 Å². The van der Waals surface area contributed by atoms with Gasteiger partial charge in [0.15, 0.2) is 0 Å². The van der Waals surface area contributed by atoms with Gasteiger partial charge in [0.05, 0.1) is 17.2 Å². The molecule has 0 fully saturated rings. The Morgan fingerprint density at radius 3 is 2.75 bits per heavy atom. The Balaban J connectivity index is 1.94. The highest BCUT2D eigenvalue weighted by Gasteiger charge is 2.36. The number of allylic oxidation sites excluding steroid dienone is 1. The first kappa shape index (κ1) is 14.5. The lowest BCUT2D eigenvalue weighted by atomic mass is 9.87. The van der Waals surface area contributed by atoms with Gasteiger partial charge < -0.3 is 10.5 Å². The van der Waals surface area contributed by atoms with Crippen molar-refractivity contribution < 1.29 is 4.74 Å². The SMILES string of the molecule is Cc1ccc(-c2[nH]nc3c2C(c2cccs2)C(C#N)=C(N)O3)cc1. The Bertz CT molecular complexity index is 962. The number of nitrogens with zero attached hydrogens (tertiary/aromatic N) is 2. The summed E-state index contributed by atoms with van der Waals surface area (Å²) in [7, 11) is 0. The van der Waals surface area contributed by atoms with Crippen molar-refractivity contribution >= 4 is 11.3 Å². The molecule has 0 saturated heterocycles. The summed E-state index contributed by atoms with van der Waals surface area (Å²) < 4.78 is 5.59. The number of benzene rings is 1. The fraction of sp³-hybridized carbons (Fsp3) is 0.111. The molecule has 1 unspecified atom stereocenters. The van der Waals surface area contributed by atoms with Crippen LogP contribution in [0.25, 0.3) is 11.3 Å². The van der Waals surface area contributed by atoms with Crippen molar-refractivity contribution in [1.29, 1.82) is 5.26 Å². The zero-order valence-electron chi connectivity index (χ0n) is 12.9. The summed E-state index contributed by atoms with van der Waals surface area (Å²) in [5.41, 5.74) is 10.3. The average molecular weight is 334 g/mol. The normalized spacial score (nSPS) is 16.4. The van der Waals surface area contributed by atoms with Gasteiger partial charge in [-0.25, -0.2) is 0 Å². The van der Waals surface area contributed by atoms with Crippen LogP contribution in [-0.4, -0.2) is 10.2 Å². The summed E-state index contributed by atoms with van der Waals surface area (Å²) in [6, 6.07) is 14.3. The van der Waals surface area contributed by atoms with Crippen LogP contribution in [-0.2, 0) is 0 Å². The number of fused-ring (bicyclic) bond motifs is 1. The molecule has 2 aromatic heterocycles. The van der Waals surface area contributed by atoms with E-state index in [0.717, 1.165) is 21.7 Å². The van der Waals surface area contributed by atoms with Crippen molar-refractivity contribution in [2.75, 3.05) is 0 Å². The molecule has 118 valence electrons. The number of aromatic amines is 1. The van der Waals surface area contributed by atoms with E-state index >= 15 is 0 Å². The van der Waals surface area contributed by atoms with Crippen LogP contribution in [0.15, 0.2) is 53.2 Å². The van der Waals surface area contributed by atoms with Gasteiger partial charge in [-0.15, -0.1) is 16.4 Å². The smallest absolute Gasteiger partial charge is 0.244 e. The molecular weight excluding hydrogens is 320 g/mol. The molecule has 1 aliphatic heterocycles. The third kappa shape index (κ3) is 2.18. The predicted molar refractivity (Wildman–Crippen MR) is 92.4 cm³/mol. The molecule has 1 aliphatic rings. The Morgan fingerprint density at radius 1 is 1.29 bits per heavy atom. The molecule has 0 amide bonds. The third-order valence-electron chi connectivity index (χ3n) is 4.11. The van der Waals surface area contributed by atoms with Crippen LogP contribution in [0, 0.1) is 18.3 Å². The second-order valence-electron chi connectivity index (χ2n) is 5.62. The largest absolute Gasteiger partial charge is 0.420 e. The third-order valence-corrected chi connectivity index (χ3v) is 5.04. The molecule has 3 heterocycles. The number of H-pyrrole nitrogens is 1. The first-order chi connectivity index (χ1) is 11.7. The summed E-state index contributed by atoms with van der Waals surface area (Å²) in [5, 5.41) is 18.9. The van der Waals surface area contributed by atoms with Crippen LogP contribution in [0.1, 0.15) is 21.9 Å². The molecule has 3 aromatic rings. The van der Waals surface area contributed by atoms with Crippen molar-refractivity contribution in [2.24, 2.45) is 5.73 Å². The summed E-state index contributed by atoms with van der Waals surface area (Å²) >= 11 is 1.59. The molecule has 3 N–H and O–H groups in total. The number of nitriles is 1. The summed E-state index contributed by atoms with van der Waals surface area (Å²) in [6.45, 7) is 2.04. The van der Waals surface area contributed by atoms with Gasteiger partial charge >= 0.3 is 0 Å². The van der Waals surface area contributed by atoms with E-state index in [4.69, 9.17) is 10.5 Å². The van der Waals surface area contributed by atoms with Crippen LogP contribution in [0.4, 0.5) is 0 Å². The molecule has 1 aromatic carbocycles. The molecule has 0 radical (unpaired) electrons. The van der Waals surface area contributed by atoms with E-state index in [1.54, 1.807) is 11.3 Å². The Kier molecular flexibility index (Phi) is 3.36. The molecule has 0 bridgehead atoms. The molecule has 4 rings (SSSR count). The number of nitrogens with one attached hydrogen (secondary N) is 1. The zero-order chi connectivity index (χ0) is 16.7. The Labute approximate surface area is 143 Å². The summed E-state index contributed by atoms with van der Waals surface area (Å²) in [4.78, 5) is 1.04. The van der Waals surface area contributed by atoms with Crippen LogP contribution in [0.3, 0.4) is 0 Å². The Morgan fingerprint density at radius 2 is 2.08 bits per heavy atom. The van der Waals surface area contributed by atoms with Crippen molar-refractivity contribution in [3.8, 4) is 23.2 Å². The van der Waals surface area contributed by atoms with Gasteiger partial charge in [0.1, 0.15) is 11.6 Å². The van der Waals surface area contributed by atoms with Crippen molar-refractivity contribution in [3.63, 3.8) is 0 Å². The van der Waals surface area contributed by atoms with Crippen LogP contribution in [0.5, 0.6) is 5.88 Å². The number of hydrogen-bond donors (Lipinski definition) is 2. The van der Waals surface area contributed by atoms with E-state index in [9.17, 15) is 5.26 Å². The van der Waals surface area contributed by atoms with Gasteiger partial charge in [0, 0.05) is 10.4 Å². The molecule has 1 atom stereocenters. The Hall–Kier alpha value is -3.04. The lowest BCUT2D eigenvalue weighted by Gasteiger charge is -2.22. The minimum Gasteiger partial charge on any atom is -0.420 e. The molecular formula is C18H14N4OS. The van der Waals surface area contributed by atoms with Crippen molar-refractivity contribution in [1.82, 2.24) is 10.2 Å².